The van der Waals surface area contributed by atoms with Crippen molar-refractivity contribution in [2.24, 2.45) is 10.2 Å². The van der Waals surface area contributed by atoms with Gasteiger partial charge in [0, 0.05) is 58.3 Å². The van der Waals surface area contributed by atoms with E-state index in [1.165, 1.54) is 0 Å². The van der Waals surface area contributed by atoms with Crippen LogP contribution in [0.2, 0.25) is 0 Å². The van der Waals surface area contributed by atoms with Crippen LogP contribution in [-0.4, -0.2) is 66.5 Å². The van der Waals surface area contributed by atoms with E-state index in [9.17, 15) is 9.59 Å². The molecule has 1 saturated heterocycles. The summed E-state index contributed by atoms with van der Waals surface area (Å²) in [6.45, 7) is 3.06. The van der Waals surface area contributed by atoms with Crippen LogP contribution in [0.15, 0.2) is 40.6 Å². The maximum Gasteiger partial charge on any atom is 0.245 e. The van der Waals surface area contributed by atoms with E-state index in [0.29, 0.717) is 38.8 Å². The molecule has 1 atom stereocenters. The minimum Gasteiger partial charge on any atom is -0.344 e. The normalized spacial score (nSPS) is 18.7. The lowest BCUT2D eigenvalue weighted by Crippen LogP contribution is -2.55. The lowest BCUT2D eigenvalue weighted by atomic mass is 10.0. The Bertz CT molecular complexity index is 772. The number of nitrogens with one attached hydrogen (secondary N) is 1. The number of carbonyl (C=O) groups excluding carboxylic acids is 2. The van der Waals surface area contributed by atoms with E-state index in [2.05, 4.69) is 33.4 Å². The van der Waals surface area contributed by atoms with Gasteiger partial charge in [-0.15, -0.1) is 12.3 Å². The lowest BCUT2D eigenvalue weighted by molar-refractivity contribution is -0.137. The van der Waals surface area contributed by atoms with Gasteiger partial charge < -0.3 is 15.1 Å². The van der Waals surface area contributed by atoms with E-state index in [4.69, 9.17) is 6.42 Å². The molecule has 0 radical (unpaired) electrons. The molecule has 2 aliphatic heterocycles. The molecule has 154 valence electrons. The van der Waals surface area contributed by atoms with Crippen LogP contribution in [0.3, 0.4) is 0 Å². The minimum absolute atomic E-state index is 0.0156. The number of benzene rings is 1. The maximum absolute atomic E-state index is 13.1. The van der Waals surface area contributed by atoms with Gasteiger partial charge in [0.05, 0.1) is 0 Å². The van der Waals surface area contributed by atoms with Crippen LogP contribution >= 0.6 is 0 Å². The van der Waals surface area contributed by atoms with E-state index in [1.807, 2.05) is 35.2 Å². The Labute approximate surface area is 172 Å². The smallest absolute Gasteiger partial charge is 0.245 e. The van der Waals surface area contributed by atoms with Crippen LogP contribution in [0.1, 0.15) is 31.2 Å². The summed E-state index contributed by atoms with van der Waals surface area (Å²) in [5.41, 5.74) is 0.540. The van der Waals surface area contributed by atoms with Gasteiger partial charge in [-0.25, -0.2) is 0 Å². The first-order chi connectivity index (χ1) is 14.0. The predicted molar refractivity (Wildman–Crippen MR) is 111 cm³/mol. The van der Waals surface area contributed by atoms with E-state index in [1.54, 1.807) is 0 Å². The van der Waals surface area contributed by atoms with Gasteiger partial charge in [0.2, 0.25) is 11.8 Å². The number of terminal acetylenes is 1. The molecule has 1 aromatic carbocycles. The fraction of sp³-hybridized carbons (Fsp3) is 0.545. The van der Waals surface area contributed by atoms with Crippen molar-refractivity contribution in [2.45, 2.75) is 43.8 Å². The molecule has 1 unspecified atom stereocenters. The standard InChI is InChI=1S/C22H29N5O2/c1-3-4-11-22(24-25-22)12-10-20(28)23-19(17-18-8-6-5-7-9-18)21(29)27-15-13-26(2)14-16-27/h1,5-9,19H,4,10-17H2,2H3,(H,23,28). The van der Waals surface area contributed by atoms with Crippen LogP contribution < -0.4 is 5.32 Å². The van der Waals surface area contributed by atoms with E-state index >= 15 is 0 Å². The van der Waals surface area contributed by atoms with Gasteiger partial charge in [-0.1, -0.05) is 30.3 Å². The number of piperazine rings is 1. The molecule has 2 aliphatic rings. The zero-order valence-corrected chi connectivity index (χ0v) is 17.0. The molecule has 2 heterocycles. The van der Waals surface area contributed by atoms with E-state index in [-0.39, 0.29) is 18.2 Å². The van der Waals surface area contributed by atoms with Crippen molar-refractivity contribution in [3.63, 3.8) is 0 Å². The molecule has 3 rings (SSSR count). The van der Waals surface area contributed by atoms with Crippen molar-refractivity contribution in [3.8, 4) is 12.3 Å². The second-order valence-electron chi connectivity index (χ2n) is 7.82. The van der Waals surface area contributed by atoms with Crippen molar-refractivity contribution in [1.29, 1.82) is 0 Å². The Morgan fingerprint density at radius 2 is 1.86 bits per heavy atom. The Kier molecular flexibility index (Phi) is 6.99. The molecule has 7 nitrogen and oxygen atoms in total. The molecule has 1 N–H and O–H groups in total. The highest BCUT2D eigenvalue weighted by molar-refractivity contribution is 5.88. The third-order valence-electron chi connectivity index (χ3n) is 5.54. The highest BCUT2D eigenvalue weighted by Gasteiger charge is 2.39. The van der Waals surface area contributed by atoms with Crippen LogP contribution in [-0.2, 0) is 16.0 Å². The molecule has 1 aromatic rings. The molecular formula is C22H29N5O2. The minimum atomic E-state index is -0.567. The molecule has 0 saturated carbocycles. The predicted octanol–water partition coefficient (Wildman–Crippen LogP) is 1.84. The fourth-order valence-electron chi connectivity index (χ4n) is 3.55. The molecule has 29 heavy (non-hydrogen) atoms. The number of carbonyl (C=O) groups is 2. The van der Waals surface area contributed by atoms with Gasteiger partial charge in [0.15, 0.2) is 5.66 Å². The largest absolute Gasteiger partial charge is 0.344 e. The second kappa shape index (κ2) is 9.66. The first kappa shape index (κ1) is 21.0. The van der Waals surface area contributed by atoms with Crippen molar-refractivity contribution in [2.75, 3.05) is 33.2 Å². The number of rotatable bonds is 9. The topological polar surface area (TPSA) is 77.4 Å². The Morgan fingerprint density at radius 3 is 2.48 bits per heavy atom. The van der Waals surface area contributed by atoms with Gasteiger partial charge in [0.25, 0.3) is 0 Å². The molecule has 7 heteroatoms. The zero-order valence-electron chi connectivity index (χ0n) is 17.0. The quantitative estimate of drug-likeness (QED) is 0.648. The summed E-state index contributed by atoms with van der Waals surface area (Å²) in [5, 5.41) is 11.1. The van der Waals surface area contributed by atoms with E-state index < -0.39 is 11.7 Å². The monoisotopic (exact) mass is 395 g/mol. The van der Waals surface area contributed by atoms with Crippen molar-refractivity contribution < 1.29 is 9.59 Å². The number of hydrogen-bond donors (Lipinski definition) is 1. The zero-order chi connectivity index (χ0) is 20.7. The first-order valence-electron chi connectivity index (χ1n) is 10.2. The first-order valence-corrected chi connectivity index (χ1v) is 10.2. The van der Waals surface area contributed by atoms with Crippen molar-refractivity contribution in [1.82, 2.24) is 15.1 Å². The number of amides is 2. The summed E-state index contributed by atoms with van der Waals surface area (Å²) >= 11 is 0. The van der Waals surface area contributed by atoms with Gasteiger partial charge in [-0.2, -0.15) is 10.2 Å². The highest BCUT2D eigenvalue weighted by Crippen LogP contribution is 2.37. The molecule has 0 aliphatic carbocycles. The molecule has 0 spiro atoms. The number of likely N-dealkylation sites (N-methyl/N-ethyl adjacent to an activating group) is 1. The average molecular weight is 396 g/mol. The third-order valence-corrected chi connectivity index (χ3v) is 5.54. The van der Waals surface area contributed by atoms with E-state index in [0.717, 1.165) is 18.7 Å². The SMILES string of the molecule is C#CCCC1(CCC(=O)NC(Cc2ccccc2)C(=O)N2CCN(C)CC2)N=N1. The van der Waals surface area contributed by atoms with Gasteiger partial charge in [0.1, 0.15) is 6.04 Å². The summed E-state index contributed by atoms with van der Waals surface area (Å²) in [4.78, 5) is 29.8. The lowest BCUT2D eigenvalue weighted by Gasteiger charge is -2.35. The van der Waals surface area contributed by atoms with Gasteiger partial charge in [-0.3, -0.25) is 9.59 Å². The number of hydrogen-bond acceptors (Lipinski definition) is 5. The summed E-state index contributed by atoms with van der Waals surface area (Å²) in [7, 11) is 2.05. The molecule has 2 amide bonds. The van der Waals surface area contributed by atoms with Gasteiger partial charge in [-0.05, 0) is 12.6 Å². The summed E-state index contributed by atoms with van der Waals surface area (Å²) in [5.74, 6) is 2.43. The van der Waals surface area contributed by atoms with Crippen molar-refractivity contribution in [3.05, 3.63) is 35.9 Å². The van der Waals surface area contributed by atoms with Crippen LogP contribution in [0.5, 0.6) is 0 Å². The van der Waals surface area contributed by atoms with Gasteiger partial charge >= 0.3 is 0 Å². The maximum atomic E-state index is 13.1. The summed E-state index contributed by atoms with van der Waals surface area (Å²) < 4.78 is 0. The fourth-order valence-corrected chi connectivity index (χ4v) is 3.55. The van der Waals surface area contributed by atoms with Crippen LogP contribution in [0.4, 0.5) is 0 Å². The third kappa shape index (κ3) is 6.13. The molecular weight excluding hydrogens is 366 g/mol. The van der Waals surface area contributed by atoms with Crippen LogP contribution in [0.25, 0.3) is 0 Å². The number of nitrogens with zero attached hydrogens (tertiary/aromatic N) is 4. The summed E-state index contributed by atoms with van der Waals surface area (Å²) in [6.07, 6.45) is 7.86. The average Bonchev–Trinajstić information content (AvgIpc) is 3.51. The molecule has 0 bridgehead atoms. The molecule has 0 aromatic heterocycles. The summed E-state index contributed by atoms with van der Waals surface area (Å²) in [6, 6.07) is 9.22. The Hall–Kier alpha value is -2.72. The Morgan fingerprint density at radius 1 is 1.17 bits per heavy atom. The molecule has 1 fully saturated rings. The Balaban J connectivity index is 1.59. The van der Waals surface area contributed by atoms with Crippen LogP contribution in [0, 0.1) is 12.3 Å². The van der Waals surface area contributed by atoms with Crippen molar-refractivity contribution >= 4 is 11.8 Å². The highest BCUT2D eigenvalue weighted by atomic mass is 16.2. The second-order valence-corrected chi connectivity index (χ2v) is 7.82.